The molecule has 0 saturated carbocycles. The van der Waals surface area contributed by atoms with Gasteiger partial charge in [-0.05, 0) is 56.7 Å². The van der Waals surface area contributed by atoms with Crippen LogP contribution in [0.3, 0.4) is 0 Å². The first kappa shape index (κ1) is 16.3. The molecule has 0 bridgehead atoms. The SMILES string of the molecule is C=C(Cc1ccc(OC(C)C)cc1O)[C@@H]1CC=C(C)C(=O)C1. The summed E-state index contributed by atoms with van der Waals surface area (Å²) in [6.45, 7) is 9.88. The zero-order valence-electron chi connectivity index (χ0n) is 13.6. The van der Waals surface area contributed by atoms with Gasteiger partial charge in [-0.15, -0.1) is 0 Å². The summed E-state index contributed by atoms with van der Waals surface area (Å²) in [7, 11) is 0. The van der Waals surface area contributed by atoms with Crippen LogP contribution in [0.5, 0.6) is 11.5 Å². The van der Waals surface area contributed by atoms with Crippen molar-refractivity contribution >= 4 is 5.78 Å². The first-order chi connectivity index (χ1) is 10.4. The van der Waals surface area contributed by atoms with E-state index in [4.69, 9.17) is 4.74 Å². The molecule has 1 N–H and O–H groups in total. The van der Waals surface area contributed by atoms with E-state index in [9.17, 15) is 9.90 Å². The van der Waals surface area contributed by atoms with Gasteiger partial charge in [0.15, 0.2) is 5.78 Å². The second-order valence-electron chi connectivity index (χ2n) is 6.24. The summed E-state index contributed by atoms with van der Waals surface area (Å²) in [4.78, 5) is 11.8. The Morgan fingerprint density at radius 3 is 2.77 bits per heavy atom. The zero-order chi connectivity index (χ0) is 16.3. The second kappa shape index (κ2) is 6.82. The van der Waals surface area contributed by atoms with Crippen molar-refractivity contribution in [2.75, 3.05) is 0 Å². The summed E-state index contributed by atoms with van der Waals surface area (Å²) in [5, 5.41) is 10.1. The molecular weight excluding hydrogens is 276 g/mol. The van der Waals surface area contributed by atoms with Crippen LogP contribution in [0.2, 0.25) is 0 Å². The number of ketones is 1. The Hall–Kier alpha value is -2.03. The summed E-state index contributed by atoms with van der Waals surface area (Å²) in [6.07, 6.45) is 4.02. The number of rotatable bonds is 5. The second-order valence-corrected chi connectivity index (χ2v) is 6.24. The minimum atomic E-state index is 0.0727. The third-order valence-corrected chi connectivity index (χ3v) is 4.00. The van der Waals surface area contributed by atoms with Gasteiger partial charge in [-0.25, -0.2) is 0 Å². The van der Waals surface area contributed by atoms with Gasteiger partial charge in [0.1, 0.15) is 11.5 Å². The normalized spacial score (nSPS) is 18.3. The number of carbonyl (C=O) groups excluding carboxylic acids is 1. The van der Waals surface area contributed by atoms with Crippen LogP contribution < -0.4 is 4.74 Å². The number of phenols is 1. The molecule has 1 atom stereocenters. The number of Topliss-reactive ketones (excluding diaryl/α,β-unsaturated/α-hetero) is 1. The molecule has 0 heterocycles. The first-order valence-electron chi connectivity index (χ1n) is 7.73. The van der Waals surface area contributed by atoms with Gasteiger partial charge >= 0.3 is 0 Å². The summed E-state index contributed by atoms with van der Waals surface area (Å²) in [6, 6.07) is 5.36. The van der Waals surface area contributed by atoms with Crippen LogP contribution in [0.4, 0.5) is 0 Å². The van der Waals surface area contributed by atoms with E-state index in [0.29, 0.717) is 18.6 Å². The summed E-state index contributed by atoms with van der Waals surface area (Å²) < 4.78 is 5.56. The van der Waals surface area contributed by atoms with Crippen molar-refractivity contribution in [3.63, 3.8) is 0 Å². The highest BCUT2D eigenvalue weighted by Gasteiger charge is 2.22. The molecule has 2 rings (SSSR count). The monoisotopic (exact) mass is 300 g/mol. The largest absolute Gasteiger partial charge is 0.508 e. The van der Waals surface area contributed by atoms with E-state index in [1.165, 1.54) is 0 Å². The van der Waals surface area contributed by atoms with Gasteiger partial charge in [0.05, 0.1) is 6.10 Å². The maximum atomic E-state index is 11.8. The van der Waals surface area contributed by atoms with Crippen LogP contribution in [-0.2, 0) is 11.2 Å². The molecule has 3 nitrogen and oxygen atoms in total. The predicted molar refractivity (Wildman–Crippen MR) is 88.2 cm³/mol. The average molecular weight is 300 g/mol. The molecule has 3 heteroatoms. The van der Waals surface area contributed by atoms with E-state index in [1.54, 1.807) is 6.07 Å². The molecule has 0 saturated heterocycles. The Bertz CT molecular complexity index is 611. The number of hydrogen-bond donors (Lipinski definition) is 1. The molecule has 1 aromatic rings. The van der Waals surface area contributed by atoms with Gasteiger partial charge in [-0.2, -0.15) is 0 Å². The lowest BCUT2D eigenvalue weighted by atomic mass is 9.82. The molecule has 1 aliphatic carbocycles. The van der Waals surface area contributed by atoms with Crippen molar-refractivity contribution in [3.05, 3.63) is 47.6 Å². The Balaban J connectivity index is 2.04. The molecular formula is C19H24O3. The van der Waals surface area contributed by atoms with Crippen LogP contribution >= 0.6 is 0 Å². The van der Waals surface area contributed by atoms with Crippen LogP contribution in [0.25, 0.3) is 0 Å². The van der Waals surface area contributed by atoms with Gasteiger partial charge < -0.3 is 9.84 Å². The summed E-state index contributed by atoms with van der Waals surface area (Å²) >= 11 is 0. The lowest BCUT2D eigenvalue weighted by molar-refractivity contribution is -0.116. The van der Waals surface area contributed by atoms with Gasteiger partial charge in [0, 0.05) is 12.5 Å². The predicted octanol–water partition coefficient (Wildman–Crippen LogP) is 4.20. The fourth-order valence-corrected chi connectivity index (χ4v) is 2.64. The lowest BCUT2D eigenvalue weighted by Crippen LogP contribution is -2.16. The molecule has 0 aromatic heterocycles. The fourth-order valence-electron chi connectivity index (χ4n) is 2.64. The van der Waals surface area contributed by atoms with Crippen molar-refractivity contribution < 1.29 is 14.6 Å². The van der Waals surface area contributed by atoms with Crippen molar-refractivity contribution in [2.24, 2.45) is 5.92 Å². The van der Waals surface area contributed by atoms with Crippen LogP contribution in [0.15, 0.2) is 42.0 Å². The molecule has 0 amide bonds. The first-order valence-corrected chi connectivity index (χ1v) is 7.73. The maximum absolute atomic E-state index is 11.8. The Kier molecular flexibility index (Phi) is 5.07. The van der Waals surface area contributed by atoms with Crippen molar-refractivity contribution in [1.82, 2.24) is 0 Å². The smallest absolute Gasteiger partial charge is 0.158 e. The van der Waals surface area contributed by atoms with E-state index in [-0.39, 0.29) is 23.6 Å². The Morgan fingerprint density at radius 1 is 1.45 bits per heavy atom. The fraction of sp³-hybridized carbons (Fsp3) is 0.421. The molecule has 118 valence electrons. The van der Waals surface area contributed by atoms with Crippen molar-refractivity contribution in [2.45, 2.75) is 46.1 Å². The maximum Gasteiger partial charge on any atom is 0.158 e. The van der Waals surface area contributed by atoms with E-state index in [1.807, 2.05) is 39.0 Å². The van der Waals surface area contributed by atoms with E-state index in [2.05, 4.69) is 6.58 Å². The van der Waals surface area contributed by atoms with Crippen molar-refractivity contribution in [1.29, 1.82) is 0 Å². The molecule has 0 unspecified atom stereocenters. The molecule has 0 radical (unpaired) electrons. The molecule has 0 aliphatic heterocycles. The highest BCUT2D eigenvalue weighted by Crippen LogP contribution is 2.31. The van der Waals surface area contributed by atoms with Gasteiger partial charge in [-0.1, -0.05) is 24.3 Å². The highest BCUT2D eigenvalue weighted by molar-refractivity contribution is 5.95. The number of benzene rings is 1. The third kappa shape index (κ3) is 4.00. The molecule has 0 fully saturated rings. The van der Waals surface area contributed by atoms with E-state index < -0.39 is 0 Å². The number of aromatic hydroxyl groups is 1. The average Bonchev–Trinajstić information content (AvgIpc) is 2.44. The molecule has 0 spiro atoms. The van der Waals surface area contributed by atoms with E-state index >= 15 is 0 Å². The molecule has 1 aromatic carbocycles. The van der Waals surface area contributed by atoms with Gasteiger partial charge in [-0.3, -0.25) is 4.79 Å². The van der Waals surface area contributed by atoms with Crippen LogP contribution in [0.1, 0.15) is 39.2 Å². The zero-order valence-corrected chi connectivity index (χ0v) is 13.6. The summed E-state index contributed by atoms with van der Waals surface area (Å²) in [5.41, 5.74) is 2.66. The minimum Gasteiger partial charge on any atom is -0.508 e. The standard InChI is InChI=1S/C19H24O3/c1-12(2)22-17-8-7-16(19(21)11-17)9-14(4)15-6-5-13(3)18(20)10-15/h5,7-8,11-12,15,21H,4,6,9-10H2,1-3H3/t15-/m1/s1. The number of carbonyl (C=O) groups is 1. The Morgan fingerprint density at radius 2 is 2.18 bits per heavy atom. The number of allylic oxidation sites excluding steroid dienone is 3. The lowest BCUT2D eigenvalue weighted by Gasteiger charge is -2.22. The number of phenolic OH excluding ortho intramolecular Hbond substituents is 1. The molecule has 22 heavy (non-hydrogen) atoms. The van der Waals surface area contributed by atoms with Gasteiger partial charge in [0.25, 0.3) is 0 Å². The van der Waals surface area contributed by atoms with Gasteiger partial charge in [0.2, 0.25) is 0 Å². The summed E-state index contributed by atoms with van der Waals surface area (Å²) in [5.74, 6) is 1.24. The highest BCUT2D eigenvalue weighted by atomic mass is 16.5. The van der Waals surface area contributed by atoms with E-state index in [0.717, 1.165) is 23.1 Å². The number of ether oxygens (including phenoxy) is 1. The van der Waals surface area contributed by atoms with Crippen LogP contribution in [0, 0.1) is 5.92 Å². The topological polar surface area (TPSA) is 46.5 Å². The minimum absolute atomic E-state index is 0.0727. The van der Waals surface area contributed by atoms with Crippen LogP contribution in [-0.4, -0.2) is 17.0 Å². The number of hydrogen-bond acceptors (Lipinski definition) is 3. The Labute approximate surface area is 132 Å². The quantitative estimate of drug-likeness (QED) is 0.829. The molecule has 1 aliphatic rings. The van der Waals surface area contributed by atoms with Crippen molar-refractivity contribution in [3.8, 4) is 11.5 Å². The third-order valence-electron chi connectivity index (χ3n) is 4.00.